The Bertz CT molecular complexity index is 960. The molecule has 0 aliphatic heterocycles. The van der Waals surface area contributed by atoms with Crippen molar-refractivity contribution in [1.29, 1.82) is 0 Å². The molecule has 1 aromatic heterocycles. The first-order valence-electron chi connectivity index (χ1n) is 6.63. The van der Waals surface area contributed by atoms with Crippen molar-refractivity contribution in [2.75, 3.05) is 0 Å². The Morgan fingerprint density at radius 2 is 1.91 bits per heavy atom. The minimum absolute atomic E-state index is 0.0134. The molecule has 0 fully saturated rings. The number of aromatic nitrogens is 1. The first-order chi connectivity index (χ1) is 10.5. The van der Waals surface area contributed by atoms with E-state index in [1.54, 1.807) is 25.1 Å². The van der Waals surface area contributed by atoms with Crippen molar-refractivity contribution in [2.45, 2.75) is 13.8 Å². The van der Waals surface area contributed by atoms with E-state index >= 15 is 0 Å². The van der Waals surface area contributed by atoms with Gasteiger partial charge in [-0.05, 0) is 37.1 Å². The highest BCUT2D eigenvalue weighted by molar-refractivity contribution is 5.81. The number of nitrogens with zero attached hydrogens (tertiary/aromatic N) is 2. The fraction of sp³-hybridized carbons (Fsp3) is 0.125. The average molecular weight is 296 g/mol. The summed E-state index contributed by atoms with van der Waals surface area (Å²) in [5.41, 5.74) is 2.14. The van der Waals surface area contributed by atoms with E-state index in [-0.39, 0.29) is 11.6 Å². The summed E-state index contributed by atoms with van der Waals surface area (Å²) in [7, 11) is 0. The highest BCUT2D eigenvalue weighted by Crippen LogP contribution is 2.26. The highest BCUT2D eigenvalue weighted by Gasteiger charge is 2.14. The second kappa shape index (κ2) is 5.07. The molecule has 3 rings (SSSR count). The number of benzene rings is 2. The minimum Gasteiger partial charge on any atom is -0.403 e. The van der Waals surface area contributed by atoms with Gasteiger partial charge in [-0.25, -0.2) is 9.78 Å². The Morgan fingerprint density at radius 1 is 1.14 bits per heavy atom. The van der Waals surface area contributed by atoms with Crippen molar-refractivity contribution >= 4 is 16.6 Å². The van der Waals surface area contributed by atoms with Crippen LogP contribution in [0.25, 0.3) is 22.4 Å². The number of fused-ring (bicyclic) bond motifs is 1. The largest absolute Gasteiger partial charge is 0.403 e. The molecule has 0 unspecified atom stereocenters. The lowest BCUT2D eigenvalue weighted by Crippen LogP contribution is -2.04. The molecule has 1 heterocycles. The predicted molar refractivity (Wildman–Crippen MR) is 81.8 cm³/mol. The predicted octanol–water partition coefficient (Wildman–Crippen LogP) is 3.38. The molecule has 6 nitrogen and oxygen atoms in total. The molecular weight excluding hydrogens is 284 g/mol. The van der Waals surface area contributed by atoms with Crippen molar-refractivity contribution in [3.63, 3.8) is 0 Å². The normalized spacial score (nSPS) is 10.8. The SMILES string of the molecule is Cc1cc([N+](=O)[O-])ccc1-c1nc2c(C)cccc2c(=O)o1. The van der Waals surface area contributed by atoms with E-state index in [9.17, 15) is 14.9 Å². The third-order valence-electron chi connectivity index (χ3n) is 3.51. The second-order valence-corrected chi connectivity index (χ2v) is 5.03. The third-order valence-corrected chi connectivity index (χ3v) is 3.51. The number of nitro benzene ring substituents is 1. The molecule has 0 aliphatic rings. The van der Waals surface area contributed by atoms with Crippen LogP contribution in [0.3, 0.4) is 0 Å². The average Bonchev–Trinajstić information content (AvgIpc) is 2.48. The Balaban J connectivity index is 2.25. The van der Waals surface area contributed by atoms with Gasteiger partial charge in [-0.3, -0.25) is 10.1 Å². The molecule has 6 heteroatoms. The molecule has 22 heavy (non-hydrogen) atoms. The number of non-ortho nitro benzene ring substituents is 1. The van der Waals surface area contributed by atoms with Gasteiger partial charge in [0.05, 0.1) is 15.8 Å². The lowest BCUT2D eigenvalue weighted by atomic mass is 10.1. The number of nitro groups is 1. The van der Waals surface area contributed by atoms with Crippen molar-refractivity contribution in [3.8, 4) is 11.5 Å². The van der Waals surface area contributed by atoms with Crippen LogP contribution in [0.15, 0.2) is 45.6 Å². The summed E-state index contributed by atoms with van der Waals surface area (Å²) in [6.07, 6.45) is 0. The molecule has 3 aromatic rings. The van der Waals surface area contributed by atoms with Gasteiger partial charge >= 0.3 is 5.63 Å². The van der Waals surface area contributed by atoms with E-state index in [0.717, 1.165) is 5.56 Å². The molecule has 0 atom stereocenters. The van der Waals surface area contributed by atoms with E-state index in [2.05, 4.69) is 4.98 Å². The third kappa shape index (κ3) is 2.24. The van der Waals surface area contributed by atoms with E-state index < -0.39 is 10.5 Å². The molecule has 0 saturated heterocycles. The quantitative estimate of drug-likeness (QED) is 0.534. The topological polar surface area (TPSA) is 86.2 Å². The van der Waals surface area contributed by atoms with Crippen molar-refractivity contribution < 1.29 is 9.34 Å². The fourth-order valence-corrected chi connectivity index (χ4v) is 2.36. The molecule has 0 aliphatic carbocycles. The monoisotopic (exact) mass is 296 g/mol. The van der Waals surface area contributed by atoms with E-state index in [4.69, 9.17) is 4.42 Å². The molecule has 0 saturated carbocycles. The van der Waals surface area contributed by atoms with Crippen LogP contribution in [0.4, 0.5) is 5.69 Å². The minimum atomic E-state index is -0.471. The zero-order valence-corrected chi connectivity index (χ0v) is 12.0. The summed E-state index contributed by atoms with van der Waals surface area (Å²) in [5.74, 6) is 0.166. The summed E-state index contributed by atoms with van der Waals surface area (Å²) in [4.78, 5) is 26.8. The van der Waals surface area contributed by atoms with E-state index in [0.29, 0.717) is 22.0 Å². The van der Waals surface area contributed by atoms with Crippen LogP contribution in [-0.4, -0.2) is 9.91 Å². The molecule has 0 bridgehead atoms. The van der Waals surface area contributed by atoms with Crippen LogP contribution in [0.1, 0.15) is 11.1 Å². The van der Waals surface area contributed by atoms with Crippen LogP contribution >= 0.6 is 0 Å². The standard InChI is InChI=1S/C16H12N2O4/c1-9-4-3-5-13-14(9)17-15(22-16(13)19)12-7-6-11(18(20)21)8-10(12)2/h3-8H,1-2H3. The van der Waals surface area contributed by atoms with Gasteiger partial charge in [-0.1, -0.05) is 12.1 Å². The fourth-order valence-electron chi connectivity index (χ4n) is 2.36. The van der Waals surface area contributed by atoms with E-state index in [1.165, 1.54) is 12.1 Å². The Morgan fingerprint density at radius 3 is 2.59 bits per heavy atom. The summed E-state index contributed by atoms with van der Waals surface area (Å²) >= 11 is 0. The van der Waals surface area contributed by atoms with Crippen LogP contribution in [0.2, 0.25) is 0 Å². The summed E-state index contributed by atoms with van der Waals surface area (Å²) < 4.78 is 5.28. The molecule has 2 aromatic carbocycles. The summed E-state index contributed by atoms with van der Waals surface area (Å²) in [6, 6.07) is 9.63. The smallest absolute Gasteiger partial charge is 0.347 e. The maximum atomic E-state index is 12.1. The lowest BCUT2D eigenvalue weighted by molar-refractivity contribution is -0.384. The number of rotatable bonds is 2. The Hall–Kier alpha value is -3.02. The van der Waals surface area contributed by atoms with Gasteiger partial charge in [0.15, 0.2) is 0 Å². The van der Waals surface area contributed by atoms with Gasteiger partial charge < -0.3 is 4.42 Å². The van der Waals surface area contributed by atoms with Crippen LogP contribution in [-0.2, 0) is 0 Å². The summed E-state index contributed by atoms with van der Waals surface area (Å²) in [5, 5.41) is 11.2. The van der Waals surface area contributed by atoms with Gasteiger partial charge in [0.1, 0.15) is 0 Å². The maximum absolute atomic E-state index is 12.1. The van der Waals surface area contributed by atoms with Gasteiger partial charge in [0.25, 0.3) is 5.69 Å². The van der Waals surface area contributed by atoms with E-state index in [1.807, 2.05) is 13.0 Å². The van der Waals surface area contributed by atoms with Crippen LogP contribution < -0.4 is 5.63 Å². The van der Waals surface area contributed by atoms with Gasteiger partial charge in [-0.15, -0.1) is 0 Å². The number of aryl methyl sites for hydroxylation is 2. The number of hydrogen-bond acceptors (Lipinski definition) is 5. The molecule has 0 amide bonds. The van der Waals surface area contributed by atoms with Crippen molar-refractivity contribution in [1.82, 2.24) is 4.98 Å². The lowest BCUT2D eigenvalue weighted by Gasteiger charge is -2.06. The first kappa shape index (κ1) is 13.9. The van der Waals surface area contributed by atoms with Crippen LogP contribution in [0, 0.1) is 24.0 Å². The van der Waals surface area contributed by atoms with Gasteiger partial charge in [-0.2, -0.15) is 0 Å². The van der Waals surface area contributed by atoms with Crippen molar-refractivity contribution in [3.05, 3.63) is 68.1 Å². The van der Waals surface area contributed by atoms with Gasteiger partial charge in [0.2, 0.25) is 5.89 Å². The molecule has 110 valence electrons. The highest BCUT2D eigenvalue weighted by atomic mass is 16.6. The second-order valence-electron chi connectivity index (χ2n) is 5.03. The Kier molecular flexibility index (Phi) is 3.21. The van der Waals surface area contributed by atoms with Crippen LogP contribution in [0.5, 0.6) is 0 Å². The zero-order valence-electron chi connectivity index (χ0n) is 12.0. The molecular formula is C16H12N2O4. The molecule has 0 radical (unpaired) electrons. The van der Waals surface area contributed by atoms with Crippen molar-refractivity contribution in [2.24, 2.45) is 0 Å². The maximum Gasteiger partial charge on any atom is 0.347 e. The number of para-hydroxylation sites is 1. The first-order valence-corrected chi connectivity index (χ1v) is 6.63. The molecule has 0 N–H and O–H groups in total. The molecule has 0 spiro atoms. The van der Waals surface area contributed by atoms with Gasteiger partial charge in [0, 0.05) is 17.7 Å². The number of hydrogen-bond donors (Lipinski definition) is 0. The zero-order chi connectivity index (χ0) is 15.9. The summed E-state index contributed by atoms with van der Waals surface area (Å²) in [6.45, 7) is 3.58. The Labute approximate surface area is 125 Å².